The average molecular weight is 400 g/mol. The van der Waals surface area contributed by atoms with Crippen molar-refractivity contribution in [2.24, 2.45) is 5.84 Å². The second-order valence-electron chi connectivity index (χ2n) is 2.65. The third-order valence-corrected chi connectivity index (χ3v) is 3.08. The Morgan fingerprint density at radius 1 is 1.54 bits per heavy atom. The number of hydrogen-bond donors (Lipinski definition) is 1. The molecule has 13 heavy (non-hydrogen) atoms. The number of halogens is 2. The van der Waals surface area contributed by atoms with E-state index in [4.69, 9.17) is 5.84 Å². The van der Waals surface area contributed by atoms with Gasteiger partial charge in [0.05, 0.1) is 9.39 Å². The van der Waals surface area contributed by atoms with Gasteiger partial charge in [-0.25, -0.2) is 5.84 Å². The summed E-state index contributed by atoms with van der Waals surface area (Å²) >= 11 is 4.38. The van der Waals surface area contributed by atoms with Crippen molar-refractivity contribution in [1.29, 1.82) is 0 Å². The Bertz CT molecular complexity index is 316. The van der Waals surface area contributed by atoms with E-state index in [0.29, 0.717) is 0 Å². The summed E-state index contributed by atoms with van der Waals surface area (Å²) in [5.74, 6) is 5.86. The number of para-hydroxylation sites is 1. The minimum Gasteiger partial charge on any atom is -0.273 e. The summed E-state index contributed by atoms with van der Waals surface area (Å²) in [7, 11) is 0. The van der Waals surface area contributed by atoms with Crippen LogP contribution in [0.1, 0.15) is 5.56 Å². The van der Waals surface area contributed by atoms with Gasteiger partial charge in [-0.15, -0.1) is 0 Å². The molecule has 2 N–H and O–H groups in total. The molecule has 0 bridgehead atoms. The van der Waals surface area contributed by atoms with Crippen LogP contribution in [0.3, 0.4) is 0 Å². The topological polar surface area (TPSA) is 29.3 Å². The number of anilines is 1. The van der Waals surface area contributed by atoms with E-state index in [0.717, 1.165) is 18.5 Å². The maximum absolute atomic E-state index is 5.86. The molecule has 70 valence electrons. The SMILES string of the molecule is C=C(I)N(N)c1c(C)cccc1I. The zero-order valence-corrected chi connectivity index (χ0v) is 11.5. The molecule has 4 heteroatoms. The molecule has 1 aromatic rings. The van der Waals surface area contributed by atoms with Crippen LogP contribution < -0.4 is 10.9 Å². The molecule has 0 saturated carbocycles. The van der Waals surface area contributed by atoms with Crippen LogP contribution in [0.4, 0.5) is 5.69 Å². The average Bonchev–Trinajstić information content (AvgIpc) is 2.03. The number of aryl methyl sites for hydroxylation is 1. The zero-order valence-electron chi connectivity index (χ0n) is 7.22. The van der Waals surface area contributed by atoms with Crippen molar-refractivity contribution in [2.45, 2.75) is 6.92 Å². The van der Waals surface area contributed by atoms with Gasteiger partial charge in [-0.2, -0.15) is 0 Å². The Kier molecular flexibility index (Phi) is 3.99. The van der Waals surface area contributed by atoms with Crippen molar-refractivity contribution in [3.63, 3.8) is 0 Å². The molecule has 0 radical (unpaired) electrons. The monoisotopic (exact) mass is 400 g/mol. The Morgan fingerprint density at radius 3 is 2.62 bits per heavy atom. The fourth-order valence-corrected chi connectivity index (χ4v) is 2.18. The predicted molar refractivity (Wildman–Crippen MR) is 73.7 cm³/mol. The molecule has 0 heterocycles. The van der Waals surface area contributed by atoms with Gasteiger partial charge < -0.3 is 0 Å². The van der Waals surface area contributed by atoms with Crippen molar-refractivity contribution >= 4 is 50.9 Å². The molecule has 0 amide bonds. The Hall–Kier alpha value is 0.180. The van der Waals surface area contributed by atoms with Crippen LogP contribution >= 0.6 is 45.2 Å². The number of hydrazine groups is 1. The molecule has 0 spiro atoms. The van der Waals surface area contributed by atoms with Crippen molar-refractivity contribution in [3.8, 4) is 0 Å². The Labute approximate surface area is 105 Å². The molecular formula is C9H10I2N2. The van der Waals surface area contributed by atoms with E-state index in [1.807, 2.05) is 25.1 Å². The maximum atomic E-state index is 5.86. The van der Waals surface area contributed by atoms with Crippen LogP contribution in [0.15, 0.2) is 28.5 Å². The van der Waals surface area contributed by atoms with Gasteiger partial charge in [0.15, 0.2) is 0 Å². The molecule has 0 aliphatic carbocycles. The molecule has 1 aromatic carbocycles. The van der Waals surface area contributed by atoms with Gasteiger partial charge >= 0.3 is 0 Å². The second kappa shape index (κ2) is 4.61. The highest BCUT2D eigenvalue weighted by Gasteiger charge is 2.09. The van der Waals surface area contributed by atoms with Crippen LogP contribution in [0.25, 0.3) is 0 Å². The molecule has 0 atom stereocenters. The largest absolute Gasteiger partial charge is 0.273 e. The van der Waals surface area contributed by atoms with E-state index in [9.17, 15) is 0 Å². The first kappa shape index (κ1) is 11.3. The summed E-state index contributed by atoms with van der Waals surface area (Å²) < 4.78 is 1.95. The molecule has 2 nitrogen and oxygen atoms in total. The van der Waals surface area contributed by atoms with E-state index in [1.54, 1.807) is 5.01 Å². The fraction of sp³-hybridized carbons (Fsp3) is 0.111. The van der Waals surface area contributed by atoms with E-state index in [1.165, 1.54) is 0 Å². The lowest BCUT2D eigenvalue weighted by Gasteiger charge is -2.20. The molecule has 0 aliphatic rings. The van der Waals surface area contributed by atoms with E-state index in [-0.39, 0.29) is 0 Å². The quantitative estimate of drug-likeness (QED) is 0.358. The number of hydrogen-bond acceptors (Lipinski definition) is 2. The number of rotatable bonds is 2. The number of benzene rings is 1. The third-order valence-electron chi connectivity index (χ3n) is 1.69. The van der Waals surface area contributed by atoms with Crippen LogP contribution in [-0.4, -0.2) is 0 Å². The van der Waals surface area contributed by atoms with E-state index < -0.39 is 0 Å². The van der Waals surface area contributed by atoms with Gasteiger partial charge in [0.1, 0.15) is 0 Å². The van der Waals surface area contributed by atoms with Crippen LogP contribution in [0.5, 0.6) is 0 Å². The molecule has 0 aromatic heterocycles. The van der Waals surface area contributed by atoms with Crippen LogP contribution in [0.2, 0.25) is 0 Å². The van der Waals surface area contributed by atoms with Crippen molar-refractivity contribution in [3.05, 3.63) is 37.6 Å². The highest BCUT2D eigenvalue weighted by molar-refractivity contribution is 14.1. The normalized spacial score (nSPS) is 9.85. The van der Waals surface area contributed by atoms with Gasteiger partial charge in [0.2, 0.25) is 0 Å². The summed E-state index contributed by atoms with van der Waals surface area (Å²) in [5.41, 5.74) is 2.19. The smallest absolute Gasteiger partial charge is 0.0883 e. The van der Waals surface area contributed by atoms with Gasteiger partial charge in [-0.3, -0.25) is 5.01 Å². The molecule has 0 aliphatic heterocycles. The third kappa shape index (κ3) is 2.57. The van der Waals surface area contributed by atoms with Crippen molar-refractivity contribution in [1.82, 2.24) is 0 Å². The number of nitrogens with two attached hydrogens (primary N) is 1. The van der Waals surface area contributed by atoms with Crippen molar-refractivity contribution in [2.75, 3.05) is 5.01 Å². The first-order chi connectivity index (χ1) is 6.04. The van der Waals surface area contributed by atoms with Gasteiger partial charge in [0.25, 0.3) is 0 Å². The molecule has 1 rings (SSSR count). The predicted octanol–water partition coefficient (Wildman–Crippen LogP) is 3.19. The highest BCUT2D eigenvalue weighted by Crippen LogP contribution is 2.27. The summed E-state index contributed by atoms with van der Waals surface area (Å²) in [6.45, 7) is 5.84. The Balaban J connectivity index is 3.20. The van der Waals surface area contributed by atoms with Gasteiger partial charge in [0, 0.05) is 3.57 Å². The van der Waals surface area contributed by atoms with E-state index in [2.05, 4.69) is 51.8 Å². The van der Waals surface area contributed by atoms with E-state index >= 15 is 0 Å². The molecule has 0 saturated heterocycles. The molecular weight excluding hydrogens is 390 g/mol. The van der Waals surface area contributed by atoms with Crippen LogP contribution in [-0.2, 0) is 0 Å². The molecule has 0 fully saturated rings. The van der Waals surface area contributed by atoms with Gasteiger partial charge in [-0.05, 0) is 63.7 Å². The molecule has 0 unspecified atom stereocenters. The number of nitrogens with zero attached hydrogens (tertiary/aromatic N) is 1. The fourth-order valence-electron chi connectivity index (χ4n) is 1.05. The minimum absolute atomic E-state index is 0.810. The van der Waals surface area contributed by atoms with Crippen LogP contribution in [0, 0.1) is 10.5 Å². The summed E-state index contributed by atoms with van der Waals surface area (Å²) in [6.07, 6.45) is 0. The van der Waals surface area contributed by atoms with Crippen molar-refractivity contribution < 1.29 is 0 Å². The zero-order chi connectivity index (χ0) is 10.0. The minimum atomic E-state index is 0.810. The second-order valence-corrected chi connectivity index (χ2v) is 5.06. The van der Waals surface area contributed by atoms with Gasteiger partial charge in [-0.1, -0.05) is 18.7 Å². The highest BCUT2D eigenvalue weighted by atomic mass is 127. The lowest BCUT2D eigenvalue weighted by Crippen LogP contribution is -2.28. The first-order valence-corrected chi connectivity index (χ1v) is 5.84. The summed E-state index contributed by atoms with van der Waals surface area (Å²) in [5, 5.41) is 1.61. The maximum Gasteiger partial charge on any atom is 0.0883 e. The Morgan fingerprint density at radius 2 is 2.15 bits per heavy atom. The standard InChI is InChI=1S/C9H10I2N2/c1-6-4-3-5-8(11)9(6)13(12)7(2)10/h3-5H,2,12H2,1H3. The first-order valence-electron chi connectivity index (χ1n) is 3.68. The lowest BCUT2D eigenvalue weighted by molar-refractivity contribution is 1.06. The lowest BCUT2D eigenvalue weighted by atomic mass is 10.2. The summed E-state index contributed by atoms with van der Waals surface area (Å²) in [4.78, 5) is 0. The summed E-state index contributed by atoms with van der Waals surface area (Å²) in [6, 6.07) is 6.09.